The summed E-state index contributed by atoms with van der Waals surface area (Å²) in [6.07, 6.45) is -0.841. The minimum absolute atomic E-state index is 0.135. The molecule has 5 nitrogen and oxygen atoms in total. The van der Waals surface area contributed by atoms with Crippen LogP contribution in [0.2, 0.25) is 0 Å². The van der Waals surface area contributed by atoms with Crippen molar-refractivity contribution in [3.8, 4) is 5.75 Å². The number of rotatable bonds is 5. The fourth-order valence-electron chi connectivity index (χ4n) is 1.75. The molecule has 98 valence electrons. The Morgan fingerprint density at radius 2 is 2.44 bits per heavy atom. The normalized spacial score (nSPS) is 18.3. The number of benzene rings is 1. The van der Waals surface area contributed by atoms with Crippen LogP contribution in [0.1, 0.15) is 5.56 Å². The van der Waals surface area contributed by atoms with Crippen LogP contribution in [-0.4, -0.2) is 32.4 Å². The quantitative estimate of drug-likeness (QED) is 0.824. The summed E-state index contributed by atoms with van der Waals surface area (Å²) in [5.41, 5.74) is 0.731. The number of carbonyl (C=O) groups excluding carboxylic acids is 1. The van der Waals surface area contributed by atoms with Gasteiger partial charge in [0.1, 0.15) is 6.61 Å². The Morgan fingerprint density at radius 1 is 1.61 bits per heavy atom. The molecule has 18 heavy (non-hydrogen) atoms. The number of hydrogen-bond acceptors (Lipinski definition) is 4. The average Bonchev–Trinajstić information content (AvgIpc) is 2.75. The molecule has 0 aliphatic carbocycles. The van der Waals surface area contributed by atoms with Gasteiger partial charge >= 0.3 is 6.09 Å². The molecule has 1 aliphatic rings. The zero-order valence-electron chi connectivity index (χ0n) is 10.0. The first-order chi connectivity index (χ1) is 8.70. The van der Waals surface area contributed by atoms with E-state index in [1.165, 1.54) is 6.07 Å². The second-order valence-electron chi connectivity index (χ2n) is 3.98. The summed E-state index contributed by atoms with van der Waals surface area (Å²) in [6.45, 7) is 1.03. The van der Waals surface area contributed by atoms with Crippen molar-refractivity contribution >= 4 is 6.09 Å². The molecular weight excluding hydrogens is 239 g/mol. The van der Waals surface area contributed by atoms with E-state index < -0.39 is 11.9 Å². The van der Waals surface area contributed by atoms with E-state index in [0.29, 0.717) is 13.1 Å². The lowest BCUT2D eigenvalue weighted by Gasteiger charge is -2.14. The van der Waals surface area contributed by atoms with Crippen LogP contribution in [0.25, 0.3) is 0 Å². The van der Waals surface area contributed by atoms with E-state index in [2.05, 4.69) is 10.6 Å². The Kier molecular flexibility index (Phi) is 3.99. The van der Waals surface area contributed by atoms with Crippen molar-refractivity contribution in [2.75, 3.05) is 20.2 Å². The summed E-state index contributed by atoms with van der Waals surface area (Å²) in [6, 6.07) is 4.76. The highest BCUT2D eigenvalue weighted by atomic mass is 19.1. The van der Waals surface area contributed by atoms with E-state index in [1.807, 2.05) is 0 Å². The van der Waals surface area contributed by atoms with Gasteiger partial charge in [0, 0.05) is 12.1 Å². The van der Waals surface area contributed by atoms with Crippen LogP contribution >= 0.6 is 0 Å². The van der Waals surface area contributed by atoms with Gasteiger partial charge in [-0.3, -0.25) is 0 Å². The maximum atomic E-state index is 13.6. The molecule has 1 fully saturated rings. The summed E-state index contributed by atoms with van der Waals surface area (Å²) >= 11 is 0. The molecule has 1 heterocycles. The van der Waals surface area contributed by atoms with E-state index in [1.54, 1.807) is 19.2 Å². The first-order valence-electron chi connectivity index (χ1n) is 5.70. The fraction of sp³-hybridized carbons (Fsp3) is 0.417. The number of alkyl carbamates (subject to hydrolysis) is 1. The van der Waals surface area contributed by atoms with E-state index >= 15 is 0 Å². The molecule has 1 atom stereocenters. The van der Waals surface area contributed by atoms with Gasteiger partial charge in [-0.2, -0.15) is 0 Å². The maximum Gasteiger partial charge on any atom is 0.407 e. The van der Waals surface area contributed by atoms with Gasteiger partial charge in [-0.15, -0.1) is 0 Å². The average molecular weight is 254 g/mol. The van der Waals surface area contributed by atoms with Crippen LogP contribution in [0.3, 0.4) is 0 Å². The maximum absolute atomic E-state index is 13.6. The molecule has 1 amide bonds. The second kappa shape index (κ2) is 5.68. The highest BCUT2D eigenvalue weighted by Gasteiger charge is 2.23. The molecule has 1 aromatic carbocycles. The Labute approximate surface area is 104 Å². The molecule has 1 saturated heterocycles. The topological polar surface area (TPSA) is 59.6 Å². The smallest absolute Gasteiger partial charge is 0.407 e. The van der Waals surface area contributed by atoms with Gasteiger partial charge in [0.25, 0.3) is 0 Å². The fourth-order valence-corrected chi connectivity index (χ4v) is 1.75. The largest absolute Gasteiger partial charge is 0.486 e. The summed E-state index contributed by atoms with van der Waals surface area (Å²) in [7, 11) is 1.78. The van der Waals surface area contributed by atoms with Crippen LogP contribution in [0.5, 0.6) is 5.75 Å². The molecule has 1 unspecified atom stereocenters. The van der Waals surface area contributed by atoms with Gasteiger partial charge in [-0.25, -0.2) is 9.18 Å². The second-order valence-corrected chi connectivity index (χ2v) is 3.98. The molecule has 1 aromatic rings. The Bertz CT molecular complexity index is 439. The van der Waals surface area contributed by atoms with Gasteiger partial charge in [-0.05, 0) is 13.1 Å². The third kappa shape index (κ3) is 2.89. The minimum Gasteiger partial charge on any atom is -0.486 e. The molecule has 0 spiro atoms. The molecule has 0 bridgehead atoms. The summed E-state index contributed by atoms with van der Waals surface area (Å²) in [5, 5.41) is 5.46. The van der Waals surface area contributed by atoms with E-state index in [0.717, 1.165) is 5.56 Å². The Hall–Kier alpha value is -1.82. The monoisotopic (exact) mass is 254 g/mol. The van der Waals surface area contributed by atoms with E-state index in [-0.39, 0.29) is 18.5 Å². The molecule has 0 aromatic heterocycles. The van der Waals surface area contributed by atoms with Crippen molar-refractivity contribution in [1.29, 1.82) is 0 Å². The van der Waals surface area contributed by atoms with E-state index in [9.17, 15) is 9.18 Å². The van der Waals surface area contributed by atoms with Crippen LogP contribution in [0.4, 0.5) is 9.18 Å². The molecular formula is C12H15FN2O3. The van der Waals surface area contributed by atoms with Gasteiger partial charge < -0.3 is 20.1 Å². The van der Waals surface area contributed by atoms with Crippen LogP contribution in [0, 0.1) is 5.82 Å². The highest BCUT2D eigenvalue weighted by molar-refractivity contribution is 5.69. The third-order valence-corrected chi connectivity index (χ3v) is 2.58. The summed E-state index contributed by atoms with van der Waals surface area (Å²) in [4.78, 5) is 10.8. The predicted molar refractivity (Wildman–Crippen MR) is 62.9 cm³/mol. The molecule has 0 radical (unpaired) electrons. The number of para-hydroxylation sites is 1. The Balaban J connectivity index is 2.01. The lowest BCUT2D eigenvalue weighted by Crippen LogP contribution is -2.23. The lowest BCUT2D eigenvalue weighted by atomic mass is 10.2. The number of cyclic esters (lactones) is 1. The summed E-state index contributed by atoms with van der Waals surface area (Å²) < 4.78 is 24.0. The van der Waals surface area contributed by atoms with Gasteiger partial charge in [0.05, 0.1) is 6.54 Å². The lowest BCUT2D eigenvalue weighted by molar-refractivity contribution is 0.103. The van der Waals surface area contributed by atoms with Gasteiger partial charge in [-0.1, -0.05) is 12.1 Å². The van der Waals surface area contributed by atoms with Crippen LogP contribution in [-0.2, 0) is 11.3 Å². The molecule has 2 N–H and O–H groups in total. The molecule has 1 aliphatic heterocycles. The van der Waals surface area contributed by atoms with Crippen LogP contribution < -0.4 is 15.4 Å². The number of ether oxygens (including phenoxy) is 2. The van der Waals surface area contributed by atoms with Crippen molar-refractivity contribution < 1.29 is 18.7 Å². The van der Waals surface area contributed by atoms with E-state index in [4.69, 9.17) is 9.47 Å². The first-order valence-corrected chi connectivity index (χ1v) is 5.70. The summed E-state index contributed by atoms with van der Waals surface area (Å²) in [5.74, 6) is -0.213. The van der Waals surface area contributed by atoms with Crippen molar-refractivity contribution in [1.82, 2.24) is 10.6 Å². The molecule has 6 heteroatoms. The van der Waals surface area contributed by atoms with Crippen molar-refractivity contribution in [3.05, 3.63) is 29.6 Å². The number of nitrogens with one attached hydrogen (secondary N) is 2. The Morgan fingerprint density at radius 3 is 3.11 bits per heavy atom. The third-order valence-electron chi connectivity index (χ3n) is 2.58. The highest BCUT2D eigenvalue weighted by Crippen LogP contribution is 2.23. The van der Waals surface area contributed by atoms with Crippen molar-refractivity contribution in [2.24, 2.45) is 0 Å². The number of halogens is 1. The van der Waals surface area contributed by atoms with Gasteiger partial charge in [0.15, 0.2) is 17.7 Å². The van der Waals surface area contributed by atoms with Crippen molar-refractivity contribution in [2.45, 2.75) is 12.6 Å². The van der Waals surface area contributed by atoms with Crippen LogP contribution in [0.15, 0.2) is 18.2 Å². The number of hydrogen-bond donors (Lipinski definition) is 2. The number of carbonyl (C=O) groups is 1. The minimum atomic E-state index is -0.465. The van der Waals surface area contributed by atoms with Gasteiger partial charge in [0.2, 0.25) is 0 Å². The SMILES string of the molecule is CNCc1cccc(F)c1OCC1CNC(=O)O1. The first kappa shape index (κ1) is 12.6. The molecule has 2 rings (SSSR count). The standard InChI is InChI=1S/C12H15FN2O3/c1-14-5-8-3-2-4-10(13)11(8)17-7-9-6-15-12(16)18-9/h2-4,9,14H,5-7H2,1H3,(H,15,16). The zero-order chi connectivity index (χ0) is 13.0. The number of amides is 1. The molecule has 0 saturated carbocycles. The van der Waals surface area contributed by atoms with Crippen molar-refractivity contribution in [3.63, 3.8) is 0 Å². The zero-order valence-corrected chi connectivity index (χ0v) is 10.0. The predicted octanol–water partition coefficient (Wildman–Crippen LogP) is 1.03.